The summed E-state index contributed by atoms with van der Waals surface area (Å²) in [5.74, 6) is -0.0334. The number of nitrogens with one attached hydrogen (secondary N) is 2. The molecule has 2 atom stereocenters. The molecule has 1 saturated carbocycles. The van der Waals surface area contributed by atoms with E-state index in [1.165, 1.54) is 13.5 Å². The minimum Gasteiger partial charge on any atom is -0.465 e. The first-order chi connectivity index (χ1) is 11.1. The number of anilines is 1. The Labute approximate surface area is 152 Å². The summed E-state index contributed by atoms with van der Waals surface area (Å²) in [4.78, 5) is 24.4. The molecule has 0 aromatic heterocycles. The van der Waals surface area contributed by atoms with E-state index in [0.29, 0.717) is 17.2 Å². The lowest BCUT2D eigenvalue weighted by Crippen LogP contribution is -2.44. The van der Waals surface area contributed by atoms with E-state index in [-0.39, 0.29) is 28.8 Å². The molecule has 1 aliphatic carbocycles. The molecule has 2 fully saturated rings. The molecule has 5 nitrogen and oxygen atoms in total. The maximum absolute atomic E-state index is 12.9. The Morgan fingerprint density at radius 1 is 1.38 bits per heavy atom. The average molecular weight is 373 g/mol. The van der Waals surface area contributed by atoms with E-state index < -0.39 is 5.97 Å². The Bertz CT molecular complexity index is 638. The van der Waals surface area contributed by atoms with Crippen LogP contribution in [-0.4, -0.2) is 32.1 Å². The van der Waals surface area contributed by atoms with E-state index in [1.54, 1.807) is 18.2 Å². The van der Waals surface area contributed by atoms with Crippen LogP contribution in [0.2, 0.25) is 5.02 Å². The zero-order valence-corrected chi connectivity index (χ0v) is 15.1. The first-order valence-electron chi connectivity index (χ1n) is 7.97. The van der Waals surface area contributed by atoms with Crippen molar-refractivity contribution in [3.63, 3.8) is 0 Å². The number of esters is 1. The molecule has 1 saturated heterocycles. The van der Waals surface area contributed by atoms with E-state index in [4.69, 9.17) is 11.6 Å². The Hall–Kier alpha value is -1.30. The summed E-state index contributed by atoms with van der Waals surface area (Å²) < 4.78 is 4.67. The summed E-state index contributed by atoms with van der Waals surface area (Å²) in [6, 6.07) is 4.86. The summed E-state index contributed by atoms with van der Waals surface area (Å²) in [6.45, 7) is 1.65. The second-order valence-corrected chi connectivity index (χ2v) is 6.78. The second kappa shape index (κ2) is 7.72. The number of methoxy groups -OCH3 is 1. The highest BCUT2D eigenvalue weighted by Gasteiger charge is 2.49. The van der Waals surface area contributed by atoms with Crippen molar-refractivity contribution in [3.8, 4) is 0 Å². The molecule has 0 radical (unpaired) electrons. The van der Waals surface area contributed by atoms with Gasteiger partial charge in [-0.1, -0.05) is 24.4 Å². The second-order valence-electron chi connectivity index (χ2n) is 6.37. The molecule has 2 aliphatic rings. The molecule has 0 bridgehead atoms. The third-order valence-electron chi connectivity index (χ3n) is 5.12. The number of hydrogen-bond donors (Lipinski definition) is 2. The van der Waals surface area contributed by atoms with E-state index in [2.05, 4.69) is 15.4 Å². The Morgan fingerprint density at radius 3 is 2.88 bits per heavy atom. The fourth-order valence-corrected chi connectivity index (χ4v) is 4.07. The van der Waals surface area contributed by atoms with Gasteiger partial charge in [0.25, 0.3) is 0 Å². The van der Waals surface area contributed by atoms with Crippen molar-refractivity contribution in [1.82, 2.24) is 5.32 Å². The lowest BCUT2D eigenvalue weighted by molar-refractivity contribution is -0.128. The number of amides is 1. The minimum atomic E-state index is -0.487. The lowest BCUT2D eigenvalue weighted by atomic mass is 9.67. The highest BCUT2D eigenvalue weighted by Crippen LogP contribution is 2.44. The SMILES string of the molecule is COC(=O)c1ccc(NC(=O)[C@@]23CCCC[C@H]2CNC3)cc1Cl.Cl. The average Bonchev–Trinajstić information content (AvgIpc) is 2.99. The van der Waals surface area contributed by atoms with Crippen molar-refractivity contribution >= 4 is 41.6 Å². The summed E-state index contributed by atoms with van der Waals surface area (Å²) in [5.41, 5.74) is 0.591. The van der Waals surface area contributed by atoms with Crippen molar-refractivity contribution in [3.05, 3.63) is 28.8 Å². The Kier molecular flexibility index (Phi) is 6.12. The molecule has 1 aromatic rings. The van der Waals surface area contributed by atoms with Crippen LogP contribution < -0.4 is 10.6 Å². The third kappa shape index (κ3) is 3.39. The fraction of sp³-hybridized carbons (Fsp3) is 0.529. The van der Waals surface area contributed by atoms with Crippen LogP contribution in [-0.2, 0) is 9.53 Å². The van der Waals surface area contributed by atoms with Crippen LogP contribution in [0.1, 0.15) is 36.0 Å². The molecule has 7 heteroatoms. The summed E-state index contributed by atoms with van der Waals surface area (Å²) in [6.07, 6.45) is 4.31. The normalized spacial score (nSPS) is 25.3. The van der Waals surface area contributed by atoms with Gasteiger partial charge in [-0.2, -0.15) is 0 Å². The standard InChI is InChI=1S/C17H21ClN2O3.ClH/c1-23-15(21)13-6-5-12(8-14(13)18)20-16(22)17-7-3-2-4-11(17)9-19-10-17;/h5-6,8,11,19H,2-4,7,9-10H2,1H3,(H,20,22);1H/t11-,17+;/m0./s1. The fourth-order valence-electron chi connectivity index (χ4n) is 3.81. The maximum atomic E-state index is 12.9. The highest BCUT2D eigenvalue weighted by atomic mass is 35.5. The number of ether oxygens (including phenoxy) is 1. The van der Waals surface area contributed by atoms with Crippen LogP contribution in [0.4, 0.5) is 5.69 Å². The molecular weight excluding hydrogens is 351 g/mol. The van der Waals surface area contributed by atoms with Crippen molar-refractivity contribution in [1.29, 1.82) is 0 Å². The van der Waals surface area contributed by atoms with Gasteiger partial charge in [0, 0.05) is 12.2 Å². The molecule has 1 aliphatic heterocycles. The molecule has 132 valence electrons. The lowest BCUT2D eigenvalue weighted by Gasteiger charge is -2.37. The van der Waals surface area contributed by atoms with Crippen molar-refractivity contribution in [2.75, 3.05) is 25.5 Å². The first kappa shape index (κ1) is 19.0. The topological polar surface area (TPSA) is 67.4 Å². The molecule has 1 heterocycles. The van der Waals surface area contributed by atoms with E-state index in [0.717, 1.165) is 32.4 Å². The van der Waals surface area contributed by atoms with Gasteiger partial charge in [0.2, 0.25) is 5.91 Å². The maximum Gasteiger partial charge on any atom is 0.339 e. The summed E-state index contributed by atoms with van der Waals surface area (Å²) in [5, 5.41) is 6.62. The number of halogens is 2. The van der Waals surface area contributed by atoms with E-state index in [1.807, 2.05) is 0 Å². The Balaban J connectivity index is 0.00000208. The number of rotatable bonds is 3. The largest absolute Gasteiger partial charge is 0.465 e. The monoisotopic (exact) mass is 372 g/mol. The van der Waals surface area contributed by atoms with Crippen molar-refractivity contribution in [2.24, 2.45) is 11.3 Å². The predicted molar refractivity (Wildman–Crippen MR) is 95.9 cm³/mol. The first-order valence-corrected chi connectivity index (χ1v) is 8.34. The zero-order valence-electron chi connectivity index (χ0n) is 13.6. The molecule has 1 amide bonds. The van der Waals surface area contributed by atoms with Crippen molar-refractivity contribution < 1.29 is 14.3 Å². The quantitative estimate of drug-likeness (QED) is 0.799. The predicted octanol–water partition coefficient (Wildman–Crippen LogP) is 3.27. The third-order valence-corrected chi connectivity index (χ3v) is 5.44. The van der Waals surface area contributed by atoms with Gasteiger partial charge in [0.05, 0.1) is 23.1 Å². The molecule has 0 spiro atoms. The summed E-state index contributed by atoms with van der Waals surface area (Å²) >= 11 is 6.12. The smallest absolute Gasteiger partial charge is 0.339 e. The number of hydrogen-bond acceptors (Lipinski definition) is 4. The molecule has 0 unspecified atom stereocenters. The summed E-state index contributed by atoms with van der Waals surface area (Å²) in [7, 11) is 1.31. The van der Waals surface area contributed by atoms with Gasteiger partial charge < -0.3 is 15.4 Å². The number of fused-ring (bicyclic) bond motifs is 1. The molecular formula is C17H22Cl2N2O3. The van der Waals surface area contributed by atoms with Gasteiger partial charge in [0.1, 0.15) is 0 Å². The van der Waals surface area contributed by atoms with Gasteiger partial charge in [-0.15, -0.1) is 12.4 Å². The zero-order chi connectivity index (χ0) is 16.4. The van der Waals surface area contributed by atoms with Gasteiger partial charge in [0.15, 0.2) is 0 Å². The van der Waals surface area contributed by atoms with Crippen molar-refractivity contribution in [2.45, 2.75) is 25.7 Å². The van der Waals surface area contributed by atoms with Crippen LogP contribution in [0.3, 0.4) is 0 Å². The van der Waals surface area contributed by atoms with Gasteiger partial charge in [-0.25, -0.2) is 4.79 Å². The van der Waals surface area contributed by atoms with Crippen LogP contribution in [0.5, 0.6) is 0 Å². The Morgan fingerprint density at radius 2 is 2.17 bits per heavy atom. The minimum absolute atomic E-state index is 0. The van der Waals surface area contributed by atoms with Gasteiger partial charge in [-0.05, 0) is 43.5 Å². The number of benzene rings is 1. The van der Waals surface area contributed by atoms with E-state index >= 15 is 0 Å². The highest BCUT2D eigenvalue weighted by molar-refractivity contribution is 6.34. The van der Waals surface area contributed by atoms with Crippen LogP contribution in [0.15, 0.2) is 18.2 Å². The molecule has 24 heavy (non-hydrogen) atoms. The molecule has 1 aromatic carbocycles. The molecule has 3 rings (SSSR count). The van der Waals surface area contributed by atoms with Gasteiger partial charge in [-0.3, -0.25) is 4.79 Å². The molecule has 2 N–H and O–H groups in total. The van der Waals surface area contributed by atoms with Gasteiger partial charge >= 0.3 is 5.97 Å². The number of carbonyl (C=O) groups excluding carboxylic acids is 2. The van der Waals surface area contributed by atoms with Crippen LogP contribution in [0, 0.1) is 11.3 Å². The number of carbonyl (C=O) groups is 2. The van der Waals surface area contributed by atoms with Crippen LogP contribution in [0.25, 0.3) is 0 Å². The van der Waals surface area contributed by atoms with Crippen LogP contribution >= 0.6 is 24.0 Å². The van der Waals surface area contributed by atoms with E-state index in [9.17, 15) is 9.59 Å².